The molecule has 0 saturated carbocycles. The van der Waals surface area contributed by atoms with Gasteiger partial charge in [0, 0.05) is 36.9 Å². The molecular formula is C21H30N4O3. The van der Waals surface area contributed by atoms with Crippen molar-refractivity contribution in [2.75, 3.05) is 31.6 Å². The third-order valence-corrected chi connectivity index (χ3v) is 4.96. The molecule has 1 fully saturated rings. The monoisotopic (exact) mass is 386 g/mol. The first-order chi connectivity index (χ1) is 13.4. The lowest BCUT2D eigenvalue weighted by atomic mass is 9.93. The van der Waals surface area contributed by atoms with Crippen molar-refractivity contribution in [2.45, 2.75) is 45.6 Å². The van der Waals surface area contributed by atoms with E-state index in [2.05, 4.69) is 20.2 Å². The number of methoxy groups -OCH3 is 1. The molecule has 0 unspecified atom stereocenters. The SMILES string of the molecule is COc1cnc2nccc(N3CCC(CCNC(=O)OC(C)(C)C)CC3)c2c1. The van der Waals surface area contributed by atoms with E-state index >= 15 is 0 Å². The van der Waals surface area contributed by atoms with Crippen LogP contribution in [0.1, 0.15) is 40.0 Å². The van der Waals surface area contributed by atoms with E-state index in [0.717, 1.165) is 54.8 Å². The van der Waals surface area contributed by atoms with Gasteiger partial charge in [0.1, 0.15) is 11.4 Å². The molecule has 3 rings (SSSR count). The lowest BCUT2D eigenvalue weighted by Crippen LogP contribution is -2.36. The molecule has 152 valence electrons. The summed E-state index contributed by atoms with van der Waals surface area (Å²) in [5.41, 5.74) is 1.43. The third kappa shape index (κ3) is 5.24. The van der Waals surface area contributed by atoms with Crippen LogP contribution in [-0.2, 0) is 4.74 Å². The van der Waals surface area contributed by atoms with Crippen molar-refractivity contribution >= 4 is 22.8 Å². The second-order valence-electron chi connectivity index (χ2n) is 8.22. The normalized spacial score (nSPS) is 15.5. The van der Waals surface area contributed by atoms with Crippen molar-refractivity contribution in [1.29, 1.82) is 0 Å². The smallest absolute Gasteiger partial charge is 0.407 e. The number of carbonyl (C=O) groups excluding carboxylic acids is 1. The van der Waals surface area contributed by atoms with Crippen molar-refractivity contribution in [1.82, 2.24) is 15.3 Å². The van der Waals surface area contributed by atoms with Gasteiger partial charge in [0.15, 0.2) is 5.65 Å². The number of amides is 1. The van der Waals surface area contributed by atoms with Crippen LogP contribution in [0.15, 0.2) is 24.5 Å². The molecule has 1 amide bonds. The highest BCUT2D eigenvalue weighted by molar-refractivity contribution is 5.90. The van der Waals surface area contributed by atoms with Gasteiger partial charge in [-0.05, 0) is 58.1 Å². The van der Waals surface area contributed by atoms with Crippen LogP contribution in [0.4, 0.5) is 10.5 Å². The van der Waals surface area contributed by atoms with E-state index in [-0.39, 0.29) is 6.09 Å². The molecule has 7 heteroatoms. The molecule has 2 aromatic heterocycles. The largest absolute Gasteiger partial charge is 0.495 e. The van der Waals surface area contributed by atoms with Crippen LogP contribution >= 0.6 is 0 Å². The number of piperidine rings is 1. The Morgan fingerprint density at radius 3 is 2.71 bits per heavy atom. The van der Waals surface area contributed by atoms with Gasteiger partial charge in [0.2, 0.25) is 0 Å². The molecule has 28 heavy (non-hydrogen) atoms. The minimum Gasteiger partial charge on any atom is -0.495 e. The van der Waals surface area contributed by atoms with Crippen molar-refractivity contribution < 1.29 is 14.3 Å². The van der Waals surface area contributed by atoms with Gasteiger partial charge in [-0.2, -0.15) is 0 Å². The van der Waals surface area contributed by atoms with Crippen molar-refractivity contribution in [2.24, 2.45) is 5.92 Å². The molecule has 3 heterocycles. The Morgan fingerprint density at radius 2 is 2.04 bits per heavy atom. The summed E-state index contributed by atoms with van der Waals surface area (Å²) < 4.78 is 10.6. The van der Waals surface area contributed by atoms with Crippen LogP contribution in [0, 0.1) is 5.92 Å². The van der Waals surface area contributed by atoms with Gasteiger partial charge >= 0.3 is 6.09 Å². The maximum Gasteiger partial charge on any atom is 0.407 e. The average Bonchev–Trinajstić information content (AvgIpc) is 2.66. The number of nitrogens with zero attached hydrogens (tertiary/aromatic N) is 3. The number of ether oxygens (including phenoxy) is 2. The van der Waals surface area contributed by atoms with E-state index in [1.807, 2.05) is 39.1 Å². The second kappa shape index (κ2) is 8.63. The van der Waals surface area contributed by atoms with Gasteiger partial charge in [-0.1, -0.05) is 0 Å². The molecule has 1 N–H and O–H groups in total. The lowest BCUT2D eigenvalue weighted by Gasteiger charge is -2.34. The van der Waals surface area contributed by atoms with Crippen LogP contribution in [0.25, 0.3) is 11.0 Å². The first-order valence-corrected chi connectivity index (χ1v) is 9.86. The van der Waals surface area contributed by atoms with Crippen LogP contribution in [0.2, 0.25) is 0 Å². The van der Waals surface area contributed by atoms with Crippen molar-refractivity contribution in [3.05, 3.63) is 24.5 Å². The van der Waals surface area contributed by atoms with Gasteiger partial charge in [-0.25, -0.2) is 14.8 Å². The van der Waals surface area contributed by atoms with Gasteiger partial charge < -0.3 is 19.7 Å². The Labute approximate surface area is 166 Å². The number of rotatable bonds is 5. The number of hydrogen-bond donors (Lipinski definition) is 1. The van der Waals surface area contributed by atoms with E-state index in [1.54, 1.807) is 13.3 Å². The topological polar surface area (TPSA) is 76.6 Å². The van der Waals surface area contributed by atoms with Crippen LogP contribution in [0.5, 0.6) is 5.75 Å². The molecule has 1 aliphatic rings. The highest BCUT2D eigenvalue weighted by atomic mass is 16.6. The van der Waals surface area contributed by atoms with Gasteiger partial charge in [-0.15, -0.1) is 0 Å². The van der Waals surface area contributed by atoms with Crippen LogP contribution in [0.3, 0.4) is 0 Å². The zero-order valence-electron chi connectivity index (χ0n) is 17.2. The fraction of sp³-hybridized carbons (Fsp3) is 0.571. The van der Waals surface area contributed by atoms with Crippen LogP contribution in [-0.4, -0.2) is 48.4 Å². The van der Waals surface area contributed by atoms with E-state index in [9.17, 15) is 4.79 Å². The molecule has 1 saturated heterocycles. The number of aromatic nitrogens is 2. The zero-order valence-corrected chi connectivity index (χ0v) is 17.2. The fourth-order valence-electron chi connectivity index (χ4n) is 3.54. The maximum atomic E-state index is 11.8. The van der Waals surface area contributed by atoms with Crippen molar-refractivity contribution in [3.63, 3.8) is 0 Å². The van der Waals surface area contributed by atoms with Gasteiger partial charge in [0.05, 0.1) is 13.3 Å². The summed E-state index contributed by atoms with van der Waals surface area (Å²) in [7, 11) is 1.65. The van der Waals surface area contributed by atoms with E-state index in [1.165, 1.54) is 0 Å². The number of fused-ring (bicyclic) bond motifs is 1. The average molecular weight is 386 g/mol. The Hall–Kier alpha value is -2.57. The number of alkyl carbamates (subject to hydrolysis) is 1. The quantitative estimate of drug-likeness (QED) is 0.843. The number of anilines is 1. The number of carbonyl (C=O) groups is 1. The van der Waals surface area contributed by atoms with Gasteiger partial charge in [-0.3, -0.25) is 0 Å². The van der Waals surface area contributed by atoms with E-state index < -0.39 is 5.60 Å². The first-order valence-electron chi connectivity index (χ1n) is 9.86. The summed E-state index contributed by atoms with van der Waals surface area (Å²) in [4.78, 5) is 22.9. The summed E-state index contributed by atoms with van der Waals surface area (Å²) in [5, 5.41) is 3.88. The maximum absolute atomic E-state index is 11.8. The summed E-state index contributed by atoms with van der Waals surface area (Å²) in [6.07, 6.45) is 6.33. The summed E-state index contributed by atoms with van der Waals surface area (Å²) >= 11 is 0. The fourth-order valence-corrected chi connectivity index (χ4v) is 3.54. The summed E-state index contributed by atoms with van der Waals surface area (Å²) in [6.45, 7) is 8.22. The first kappa shape index (κ1) is 20.2. The lowest BCUT2D eigenvalue weighted by molar-refractivity contribution is 0.0524. The van der Waals surface area contributed by atoms with Crippen LogP contribution < -0.4 is 15.0 Å². The van der Waals surface area contributed by atoms with E-state index in [0.29, 0.717) is 12.5 Å². The predicted octanol–water partition coefficient (Wildman–Crippen LogP) is 3.77. The molecule has 0 aromatic carbocycles. The third-order valence-electron chi connectivity index (χ3n) is 4.96. The summed E-state index contributed by atoms with van der Waals surface area (Å²) in [5.74, 6) is 1.34. The highest BCUT2D eigenvalue weighted by Gasteiger charge is 2.22. The minimum atomic E-state index is -0.458. The molecule has 1 aliphatic heterocycles. The summed E-state index contributed by atoms with van der Waals surface area (Å²) in [6, 6.07) is 4.05. The number of nitrogens with one attached hydrogen (secondary N) is 1. The highest BCUT2D eigenvalue weighted by Crippen LogP contribution is 2.31. The van der Waals surface area contributed by atoms with Crippen molar-refractivity contribution in [3.8, 4) is 5.75 Å². The number of pyridine rings is 2. The molecular weight excluding hydrogens is 356 g/mol. The minimum absolute atomic E-state index is 0.338. The molecule has 0 radical (unpaired) electrons. The Kier molecular flexibility index (Phi) is 6.21. The second-order valence-corrected chi connectivity index (χ2v) is 8.22. The molecule has 0 atom stereocenters. The van der Waals surface area contributed by atoms with E-state index in [4.69, 9.17) is 9.47 Å². The number of hydrogen-bond acceptors (Lipinski definition) is 6. The predicted molar refractivity (Wildman–Crippen MR) is 110 cm³/mol. The molecule has 7 nitrogen and oxygen atoms in total. The standard InChI is InChI=1S/C21H30N4O3/c1-21(2,3)28-20(26)23-9-5-15-7-11-25(12-8-15)18-6-10-22-19-17(18)13-16(27-4)14-24-19/h6,10,13-15H,5,7-9,11-12H2,1-4H3,(H,23,26). The Bertz CT molecular complexity index is 811. The Balaban J connectivity index is 1.53. The zero-order chi connectivity index (χ0) is 20.1. The molecule has 0 aliphatic carbocycles. The molecule has 0 bridgehead atoms. The molecule has 2 aromatic rings. The Morgan fingerprint density at radius 1 is 1.29 bits per heavy atom. The molecule has 0 spiro atoms. The van der Waals surface area contributed by atoms with Gasteiger partial charge in [0.25, 0.3) is 0 Å².